The molecule has 3 rings (SSSR count). The van der Waals surface area contributed by atoms with E-state index in [0.717, 1.165) is 17.1 Å². The topological polar surface area (TPSA) is 104 Å². The summed E-state index contributed by atoms with van der Waals surface area (Å²) in [6, 6.07) is 6.33. The zero-order valence-electron chi connectivity index (χ0n) is 10.7. The van der Waals surface area contributed by atoms with Gasteiger partial charge in [0.1, 0.15) is 4.90 Å². The average Bonchev–Trinajstić information content (AvgIpc) is 3.12. The summed E-state index contributed by atoms with van der Waals surface area (Å²) in [6.07, 6.45) is 1.82. The van der Waals surface area contributed by atoms with Crippen molar-refractivity contribution in [1.82, 2.24) is 4.31 Å². The second kappa shape index (κ2) is 3.96. The summed E-state index contributed by atoms with van der Waals surface area (Å²) >= 11 is 0. The summed E-state index contributed by atoms with van der Waals surface area (Å²) < 4.78 is 25.7. The Hall–Kier alpha value is -2.07. The third kappa shape index (κ3) is 1.76. The van der Waals surface area contributed by atoms with Gasteiger partial charge < -0.3 is 5.73 Å². The molecule has 0 aromatic heterocycles. The zero-order chi connectivity index (χ0) is 14.5. The van der Waals surface area contributed by atoms with Gasteiger partial charge in [-0.25, -0.2) is 12.7 Å². The van der Waals surface area contributed by atoms with Crippen LogP contribution in [0.1, 0.15) is 29.6 Å². The fourth-order valence-electron chi connectivity index (χ4n) is 2.49. The molecule has 0 radical (unpaired) electrons. The highest BCUT2D eigenvalue weighted by atomic mass is 32.2. The van der Waals surface area contributed by atoms with Crippen molar-refractivity contribution in [3.05, 3.63) is 23.8 Å². The van der Waals surface area contributed by atoms with E-state index in [-0.39, 0.29) is 28.8 Å². The molecule has 104 valence electrons. The molecule has 1 aromatic carbocycles. The Kier molecular flexibility index (Phi) is 2.56. The number of rotatable bonds is 3. The van der Waals surface area contributed by atoms with Gasteiger partial charge in [-0.1, -0.05) is 0 Å². The van der Waals surface area contributed by atoms with Gasteiger partial charge in [0.05, 0.1) is 11.6 Å². The maximum atomic E-state index is 12.4. The van der Waals surface area contributed by atoms with E-state index in [2.05, 4.69) is 6.07 Å². The van der Waals surface area contributed by atoms with Crippen molar-refractivity contribution in [2.24, 2.45) is 5.41 Å². The summed E-state index contributed by atoms with van der Waals surface area (Å²) in [5.41, 5.74) is 5.70. The van der Waals surface area contributed by atoms with E-state index >= 15 is 0 Å². The molecule has 2 aliphatic rings. The lowest BCUT2D eigenvalue weighted by atomic mass is 10.0. The van der Waals surface area contributed by atoms with Gasteiger partial charge in [0, 0.05) is 24.1 Å². The van der Waals surface area contributed by atoms with Crippen LogP contribution in [0.3, 0.4) is 0 Å². The SMILES string of the molecule is N#CCC1(CN2C(=O)c3ccc(N)cc3S2(=O)=O)CC1. The van der Waals surface area contributed by atoms with Crippen LogP contribution in [0.25, 0.3) is 0 Å². The maximum absolute atomic E-state index is 12.4. The minimum Gasteiger partial charge on any atom is -0.399 e. The van der Waals surface area contributed by atoms with Crippen LogP contribution >= 0.6 is 0 Å². The highest BCUT2D eigenvalue weighted by Crippen LogP contribution is 2.50. The van der Waals surface area contributed by atoms with Crippen LogP contribution in [0.5, 0.6) is 0 Å². The van der Waals surface area contributed by atoms with Crippen LogP contribution in [0.15, 0.2) is 23.1 Å². The van der Waals surface area contributed by atoms with Crippen molar-refractivity contribution in [1.29, 1.82) is 5.26 Å². The fraction of sp³-hybridized carbons (Fsp3) is 0.385. The predicted molar refractivity (Wildman–Crippen MR) is 71.0 cm³/mol. The number of anilines is 1. The van der Waals surface area contributed by atoms with Crippen molar-refractivity contribution >= 4 is 21.6 Å². The number of fused-ring (bicyclic) bond motifs is 1. The lowest BCUT2D eigenvalue weighted by Crippen LogP contribution is -2.35. The summed E-state index contributed by atoms with van der Waals surface area (Å²) in [4.78, 5) is 12.2. The molecule has 1 fully saturated rings. The molecule has 0 atom stereocenters. The third-order valence-corrected chi connectivity index (χ3v) is 5.69. The number of benzene rings is 1. The van der Waals surface area contributed by atoms with Crippen molar-refractivity contribution in [3.63, 3.8) is 0 Å². The highest BCUT2D eigenvalue weighted by molar-refractivity contribution is 7.90. The first-order valence-electron chi connectivity index (χ1n) is 6.23. The first-order chi connectivity index (χ1) is 9.39. The molecule has 1 aromatic rings. The van der Waals surface area contributed by atoms with Crippen molar-refractivity contribution in [2.75, 3.05) is 12.3 Å². The van der Waals surface area contributed by atoms with E-state index in [1.807, 2.05) is 0 Å². The molecular weight excluding hydrogens is 278 g/mol. The second-order valence-corrected chi connectivity index (χ2v) is 7.24. The number of amides is 1. The van der Waals surface area contributed by atoms with Crippen molar-refractivity contribution in [3.8, 4) is 6.07 Å². The molecule has 0 unspecified atom stereocenters. The van der Waals surface area contributed by atoms with Crippen LogP contribution in [-0.4, -0.2) is 25.2 Å². The molecular formula is C13H13N3O3S. The average molecular weight is 291 g/mol. The first kappa shape index (κ1) is 12.9. The van der Waals surface area contributed by atoms with Gasteiger partial charge in [0.15, 0.2) is 0 Å². The highest BCUT2D eigenvalue weighted by Gasteiger charge is 2.50. The Morgan fingerprint density at radius 2 is 2.10 bits per heavy atom. The van der Waals surface area contributed by atoms with Gasteiger partial charge in [0.2, 0.25) is 0 Å². The lowest BCUT2D eigenvalue weighted by Gasteiger charge is -2.20. The summed E-state index contributed by atoms with van der Waals surface area (Å²) in [5, 5.41) is 8.80. The van der Waals surface area contributed by atoms with Gasteiger partial charge in [-0.3, -0.25) is 4.79 Å². The van der Waals surface area contributed by atoms with Gasteiger partial charge in [-0.2, -0.15) is 5.26 Å². The van der Waals surface area contributed by atoms with Crippen LogP contribution in [0, 0.1) is 16.7 Å². The maximum Gasteiger partial charge on any atom is 0.269 e. The Bertz CT molecular complexity index is 745. The Morgan fingerprint density at radius 3 is 2.70 bits per heavy atom. The number of hydrogen-bond acceptors (Lipinski definition) is 5. The van der Waals surface area contributed by atoms with Crippen LogP contribution in [0.2, 0.25) is 0 Å². The van der Waals surface area contributed by atoms with Crippen LogP contribution in [-0.2, 0) is 10.0 Å². The van der Waals surface area contributed by atoms with Crippen molar-refractivity contribution in [2.45, 2.75) is 24.2 Å². The molecule has 20 heavy (non-hydrogen) atoms. The number of nitriles is 1. The normalized spacial score (nSPS) is 21.4. The first-order valence-corrected chi connectivity index (χ1v) is 7.67. The second-order valence-electron chi connectivity index (χ2n) is 5.41. The smallest absolute Gasteiger partial charge is 0.269 e. The molecule has 0 bridgehead atoms. The number of carbonyl (C=O) groups excluding carboxylic acids is 1. The molecule has 0 spiro atoms. The van der Waals surface area contributed by atoms with Gasteiger partial charge in [0.25, 0.3) is 15.9 Å². The monoisotopic (exact) mass is 291 g/mol. The molecule has 1 aliphatic heterocycles. The summed E-state index contributed by atoms with van der Waals surface area (Å²) in [7, 11) is -3.84. The molecule has 0 saturated heterocycles. The van der Waals surface area contributed by atoms with Crippen molar-refractivity contribution < 1.29 is 13.2 Å². The Labute approximate surface area is 116 Å². The number of hydrogen-bond donors (Lipinski definition) is 1. The van der Waals surface area contributed by atoms with Crippen LogP contribution < -0.4 is 5.73 Å². The van der Waals surface area contributed by atoms with E-state index < -0.39 is 15.9 Å². The Morgan fingerprint density at radius 1 is 1.40 bits per heavy atom. The van der Waals surface area contributed by atoms with E-state index in [0.29, 0.717) is 5.69 Å². The number of nitrogens with zero attached hydrogens (tertiary/aromatic N) is 2. The van der Waals surface area contributed by atoms with Gasteiger partial charge in [-0.05, 0) is 31.0 Å². The largest absolute Gasteiger partial charge is 0.399 e. The minimum atomic E-state index is -3.84. The zero-order valence-corrected chi connectivity index (χ0v) is 11.5. The predicted octanol–water partition coefficient (Wildman–Crippen LogP) is 1.11. The van der Waals surface area contributed by atoms with Gasteiger partial charge >= 0.3 is 0 Å². The summed E-state index contributed by atoms with van der Waals surface area (Å²) in [5.74, 6) is -0.524. The Balaban J connectivity index is 2.00. The molecule has 2 N–H and O–H groups in total. The third-order valence-electron chi connectivity index (χ3n) is 3.92. The van der Waals surface area contributed by atoms with E-state index in [9.17, 15) is 13.2 Å². The number of nitrogens with two attached hydrogens (primary N) is 1. The molecule has 1 saturated carbocycles. The number of sulfonamides is 1. The van der Waals surface area contributed by atoms with Crippen LogP contribution in [0.4, 0.5) is 5.69 Å². The molecule has 1 aliphatic carbocycles. The number of carbonyl (C=O) groups is 1. The lowest BCUT2D eigenvalue weighted by molar-refractivity contribution is 0.0852. The standard InChI is InChI=1S/C13H13N3O3S/c14-6-5-13(3-4-13)8-16-12(17)10-2-1-9(15)7-11(10)20(16,18)19/h1-2,7H,3-5,8,15H2. The quantitative estimate of drug-likeness (QED) is 0.840. The molecule has 1 amide bonds. The van der Waals surface area contributed by atoms with E-state index in [1.165, 1.54) is 18.2 Å². The minimum absolute atomic E-state index is 0.0322. The van der Waals surface area contributed by atoms with E-state index in [1.54, 1.807) is 0 Å². The van der Waals surface area contributed by atoms with Gasteiger partial charge in [-0.15, -0.1) is 0 Å². The number of nitrogen functional groups attached to an aromatic ring is 1. The fourth-order valence-corrected chi connectivity index (χ4v) is 4.20. The van der Waals surface area contributed by atoms with E-state index in [4.69, 9.17) is 11.0 Å². The molecule has 6 nitrogen and oxygen atoms in total. The summed E-state index contributed by atoms with van der Waals surface area (Å²) in [6.45, 7) is 0.0797. The molecule has 7 heteroatoms. The molecule has 1 heterocycles.